The molecule has 126 valence electrons. The Hall–Kier alpha value is -1.62. The van der Waals surface area contributed by atoms with E-state index in [1.807, 2.05) is 19.2 Å². The molecule has 23 heavy (non-hydrogen) atoms. The Kier molecular flexibility index (Phi) is 5.49. The molecular formula is C18H28N4O. The number of likely N-dealkylation sites (tertiary alicyclic amines) is 1. The van der Waals surface area contributed by atoms with Crippen molar-refractivity contribution in [3.8, 4) is 0 Å². The molecule has 1 unspecified atom stereocenters. The van der Waals surface area contributed by atoms with Gasteiger partial charge in [0.25, 0.3) is 0 Å². The summed E-state index contributed by atoms with van der Waals surface area (Å²) < 4.78 is 0. The van der Waals surface area contributed by atoms with Crippen LogP contribution < -0.4 is 4.90 Å². The van der Waals surface area contributed by atoms with E-state index in [4.69, 9.17) is 0 Å². The van der Waals surface area contributed by atoms with Crippen LogP contribution in [0.25, 0.3) is 0 Å². The second-order valence-corrected chi connectivity index (χ2v) is 6.68. The van der Waals surface area contributed by atoms with Gasteiger partial charge in [-0.25, -0.2) is 4.98 Å². The maximum atomic E-state index is 11.9. The van der Waals surface area contributed by atoms with E-state index in [1.165, 1.54) is 6.42 Å². The predicted octanol–water partition coefficient (Wildman–Crippen LogP) is 1.85. The Morgan fingerprint density at radius 3 is 2.74 bits per heavy atom. The van der Waals surface area contributed by atoms with E-state index in [-0.39, 0.29) is 0 Å². The molecule has 3 heterocycles. The molecule has 2 aliphatic heterocycles. The van der Waals surface area contributed by atoms with Crippen molar-refractivity contribution in [3.05, 3.63) is 24.4 Å². The lowest BCUT2D eigenvalue weighted by Gasteiger charge is -2.39. The molecule has 1 aromatic rings. The van der Waals surface area contributed by atoms with Crippen LogP contribution in [0.3, 0.4) is 0 Å². The quantitative estimate of drug-likeness (QED) is 0.850. The van der Waals surface area contributed by atoms with Gasteiger partial charge in [-0.2, -0.15) is 0 Å². The molecule has 0 radical (unpaired) electrons. The first kappa shape index (κ1) is 16.2. The molecule has 5 nitrogen and oxygen atoms in total. The van der Waals surface area contributed by atoms with E-state index in [9.17, 15) is 4.79 Å². The highest BCUT2D eigenvalue weighted by molar-refractivity contribution is 5.75. The third-order valence-corrected chi connectivity index (χ3v) is 5.04. The maximum Gasteiger partial charge on any atom is 0.222 e. The van der Waals surface area contributed by atoms with Gasteiger partial charge in [0.15, 0.2) is 0 Å². The average Bonchev–Trinajstić information content (AvgIpc) is 2.62. The molecular weight excluding hydrogens is 288 g/mol. The van der Waals surface area contributed by atoms with Crippen LogP contribution in [-0.4, -0.2) is 66.5 Å². The summed E-state index contributed by atoms with van der Waals surface area (Å²) in [6.45, 7) is 9.27. The van der Waals surface area contributed by atoms with Gasteiger partial charge < -0.3 is 9.80 Å². The molecule has 1 atom stereocenters. The lowest BCUT2D eigenvalue weighted by molar-refractivity contribution is -0.132. The fourth-order valence-corrected chi connectivity index (χ4v) is 3.73. The summed E-state index contributed by atoms with van der Waals surface area (Å²) in [6.07, 6.45) is 4.91. The Labute approximate surface area is 139 Å². The minimum absolute atomic E-state index is 0.315. The number of anilines is 1. The number of rotatable bonds is 4. The molecule has 0 aliphatic carbocycles. The zero-order chi connectivity index (χ0) is 16.1. The van der Waals surface area contributed by atoms with Gasteiger partial charge in [0.05, 0.1) is 0 Å². The first-order valence-electron chi connectivity index (χ1n) is 8.92. The van der Waals surface area contributed by atoms with Gasteiger partial charge in [-0.1, -0.05) is 13.0 Å². The van der Waals surface area contributed by atoms with Crippen LogP contribution in [-0.2, 0) is 4.79 Å². The second-order valence-electron chi connectivity index (χ2n) is 6.68. The van der Waals surface area contributed by atoms with Gasteiger partial charge in [0.1, 0.15) is 5.82 Å². The van der Waals surface area contributed by atoms with Crippen molar-refractivity contribution in [1.82, 2.24) is 14.8 Å². The van der Waals surface area contributed by atoms with Crippen LogP contribution in [0.2, 0.25) is 0 Å². The van der Waals surface area contributed by atoms with Gasteiger partial charge in [0.2, 0.25) is 5.91 Å². The molecule has 3 rings (SSSR count). The minimum Gasteiger partial charge on any atom is -0.354 e. The lowest BCUT2D eigenvalue weighted by Crippen LogP contribution is -2.50. The number of carbonyl (C=O) groups is 1. The number of carbonyl (C=O) groups excluding carboxylic acids is 1. The summed E-state index contributed by atoms with van der Waals surface area (Å²) in [4.78, 5) is 23.3. The number of nitrogens with zero attached hydrogens (tertiary/aromatic N) is 4. The van der Waals surface area contributed by atoms with Crippen molar-refractivity contribution in [3.63, 3.8) is 0 Å². The van der Waals surface area contributed by atoms with E-state index in [0.717, 1.165) is 58.1 Å². The molecule has 0 N–H and O–H groups in total. The zero-order valence-electron chi connectivity index (χ0n) is 14.2. The largest absolute Gasteiger partial charge is 0.354 e. The summed E-state index contributed by atoms with van der Waals surface area (Å²) >= 11 is 0. The van der Waals surface area contributed by atoms with E-state index in [2.05, 4.69) is 31.8 Å². The number of amides is 1. The third kappa shape index (κ3) is 4.22. The molecule has 0 spiro atoms. The van der Waals surface area contributed by atoms with Crippen LogP contribution in [0.15, 0.2) is 24.4 Å². The number of aromatic nitrogens is 1. The SMILES string of the molecule is CCC(=O)N1CCCC(CN2CCN(c3ccccn3)CC2)C1. The van der Waals surface area contributed by atoms with Crippen molar-refractivity contribution >= 4 is 11.7 Å². The Morgan fingerprint density at radius 1 is 1.22 bits per heavy atom. The number of piperazine rings is 1. The van der Waals surface area contributed by atoms with E-state index >= 15 is 0 Å². The van der Waals surface area contributed by atoms with Gasteiger partial charge in [-0.05, 0) is 30.9 Å². The van der Waals surface area contributed by atoms with Crippen molar-refractivity contribution in [1.29, 1.82) is 0 Å². The summed E-state index contributed by atoms with van der Waals surface area (Å²) in [5.74, 6) is 2.04. The first-order valence-corrected chi connectivity index (χ1v) is 8.92. The Balaban J connectivity index is 1.46. The normalized spacial score (nSPS) is 23.1. The van der Waals surface area contributed by atoms with Crippen molar-refractivity contribution in [2.75, 3.05) is 50.7 Å². The molecule has 0 saturated carbocycles. The third-order valence-electron chi connectivity index (χ3n) is 5.04. The Bertz CT molecular complexity index is 499. The molecule has 0 bridgehead atoms. The molecule has 5 heteroatoms. The van der Waals surface area contributed by atoms with E-state index in [1.54, 1.807) is 0 Å². The van der Waals surface area contributed by atoms with Crippen molar-refractivity contribution in [2.24, 2.45) is 5.92 Å². The second kappa shape index (κ2) is 7.77. The topological polar surface area (TPSA) is 39.7 Å². The predicted molar refractivity (Wildman–Crippen MR) is 92.5 cm³/mol. The highest BCUT2D eigenvalue weighted by atomic mass is 16.2. The molecule has 2 aliphatic rings. The molecule has 2 fully saturated rings. The summed E-state index contributed by atoms with van der Waals surface area (Å²) in [5.41, 5.74) is 0. The van der Waals surface area contributed by atoms with Crippen LogP contribution in [0.4, 0.5) is 5.82 Å². The van der Waals surface area contributed by atoms with E-state index < -0.39 is 0 Å². The smallest absolute Gasteiger partial charge is 0.222 e. The fourth-order valence-electron chi connectivity index (χ4n) is 3.73. The lowest BCUT2D eigenvalue weighted by atomic mass is 9.97. The number of hydrogen-bond donors (Lipinski definition) is 0. The summed E-state index contributed by atoms with van der Waals surface area (Å²) in [7, 11) is 0. The van der Waals surface area contributed by atoms with Crippen LogP contribution in [0, 0.1) is 5.92 Å². The summed E-state index contributed by atoms with van der Waals surface area (Å²) in [6, 6.07) is 6.10. The standard InChI is InChI=1S/C18H28N4O/c1-2-18(23)22-9-5-6-16(15-22)14-20-10-12-21(13-11-20)17-7-3-4-8-19-17/h3-4,7-8,16H,2,5-6,9-15H2,1H3. The first-order chi connectivity index (χ1) is 11.3. The van der Waals surface area contributed by atoms with Crippen molar-refractivity contribution in [2.45, 2.75) is 26.2 Å². The summed E-state index contributed by atoms with van der Waals surface area (Å²) in [5, 5.41) is 0. The van der Waals surface area contributed by atoms with E-state index in [0.29, 0.717) is 18.2 Å². The molecule has 1 aromatic heterocycles. The maximum absolute atomic E-state index is 11.9. The van der Waals surface area contributed by atoms with Crippen LogP contribution >= 0.6 is 0 Å². The van der Waals surface area contributed by atoms with Crippen LogP contribution in [0.1, 0.15) is 26.2 Å². The number of pyridine rings is 1. The number of hydrogen-bond acceptors (Lipinski definition) is 4. The highest BCUT2D eigenvalue weighted by Crippen LogP contribution is 2.20. The van der Waals surface area contributed by atoms with Crippen LogP contribution in [0.5, 0.6) is 0 Å². The van der Waals surface area contributed by atoms with Gasteiger partial charge in [-0.3, -0.25) is 9.69 Å². The average molecular weight is 316 g/mol. The molecule has 2 saturated heterocycles. The Morgan fingerprint density at radius 2 is 2.04 bits per heavy atom. The van der Waals surface area contributed by atoms with Gasteiger partial charge in [-0.15, -0.1) is 0 Å². The fraction of sp³-hybridized carbons (Fsp3) is 0.667. The van der Waals surface area contributed by atoms with Gasteiger partial charge in [0, 0.05) is 58.4 Å². The van der Waals surface area contributed by atoms with Gasteiger partial charge >= 0.3 is 0 Å². The molecule has 1 amide bonds. The highest BCUT2D eigenvalue weighted by Gasteiger charge is 2.26. The minimum atomic E-state index is 0.315. The van der Waals surface area contributed by atoms with Crippen molar-refractivity contribution < 1.29 is 4.79 Å². The monoisotopic (exact) mass is 316 g/mol. The zero-order valence-corrected chi connectivity index (χ0v) is 14.2. The number of piperidine rings is 1. The molecule has 0 aromatic carbocycles.